The molecule has 3 aromatic heterocycles. The second-order valence-corrected chi connectivity index (χ2v) is 9.30. The van der Waals surface area contributed by atoms with Crippen molar-refractivity contribution in [3.63, 3.8) is 0 Å². The van der Waals surface area contributed by atoms with Gasteiger partial charge >= 0.3 is 0 Å². The summed E-state index contributed by atoms with van der Waals surface area (Å²) in [6.07, 6.45) is 3.53. The molecular weight excluding hydrogens is 489 g/mol. The molecule has 0 N–H and O–H groups in total. The van der Waals surface area contributed by atoms with E-state index < -0.39 is 0 Å². The van der Waals surface area contributed by atoms with Gasteiger partial charge < -0.3 is 4.74 Å². The number of methoxy groups -OCH3 is 1. The van der Waals surface area contributed by atoms with Gasteiger partial charge in [-0.15, -0.1) is 5.10 Å². The summed E-state index contributed by atoms with van der Waals surface area (Å²) in [7, 11) is 1.57. The van der Waals surface area contributed by atoms with Crippen molar-refractivity contribution >= 4 is 34.9 Å². The molecule has 0 saturated carbocycles. The number of amides is 1. The van der Waals surface area contributed by atoms with Crippen molar-refractivity contribution in [2.24, 2.45) is 0 Å². The molecule has 180 valence electrons. The fourth-order valence-corrected chi connectivity index (χ4v) is 4.73. The van der Waals surface area contributed by atoms with E-state index in [4.69, 9.17) is 33.0 Å². The summed E-state index contributed by atoms with van der Waals surface area (Å²) in [5, 5.41) is 18.2. The van der Waals surface area contributed by atoms with E-state index in [9.17, 15) is 4.79 Å². The second kappa shape index (κ2) is 9.31. The zero-order valence-electron chi connectivity index (χ0n) is 19.4. The fourth-order valence-electron chi connectivity index (χ4n) is 4.21. The van der Waals surface area contributed by atoms with E-state index >= 15 is 0 Å². The molecule has 0 atom stereocenters. The summed E-state index contributed by atoms with van der Waals surface area (Å²) in [6.45, 7) is 4.91. The third-order valence-corrected chi connectivity index (χ3v) is 6.48. The van der Waals surface area contributed by atoms with Crippen molar-refractivity contribution in [2.45, 2.75) is 39.4 Å². The monoisotopic (exact) mass is 511 g/mol. The third-order valence-electron chi connectivity index (χ3n) is 5.89. The molecule has 35 heavy (non-hydrogen) atoms. The number of fused-ring (bicyclic) bond motifs is 1. The number of carbonyl (C=O) groups excluding carboxylic acids is 1. The van der Waals surface area contributed by atoms with Crippen LogP contribution in [0.25, 0.3) is 22.6 Å². The number of aryl methyl sites for hydroxylation is 1. The van der Waals surface area contributed by atoms with Gasteiger partial charge in [-0.3, -0.25) is 14.4 Å². The lowest BCUT2D eigenvalue weighted by molar-refractivity contribution is -0.119. The highest BCUT2D eigenvalue weighted by Gasteiger charge is 2.28. The molecule has 0 bridgehead atoms. The van der Waals surface area contributed by atoms with Crippen molar-refractivity contribution < 1.29 is 9.53 Å². The van der Waals surface area contributed by atoms with Gasteiger partial charge in [0.05, 0.1) is 42.6 Å². The SMILES string of the molecule is COc1ccnnc1-c1ccc(CN2C(=O)CCn3nc(-c4c(Cl)cnn4C(C)C)cc32)cc1Cl. The maximum atomic E-state index is 12.9. The number of hydrogen-bond acceptors (Lipinski definition) is 6. The Morgan fingerprint density at radius 2 is 1.97 bits per heavy atom. The van der Waals surface area contributed by atoms with Crippen molar-refractivity contribution in [1.29, 1.82) is 0 Å². The highest BCUT2D eigenvalue weighted by molar-refractivity contribution is 6.33. The average Bonchev–Trinajstić information content (AvgIpc) is 3.44. The topological polar surface area (TPSA) is 91.0 Å². The van der Waals surface area contributed by atoms with E-state index in [0.717, 1.165) is 11.3 Å². The van der Waals surface area contributed by atoms with Crippen LogP contribution < -0.4 is 9.64 Å². The van der Waals surface area contributed by atoms with E-state index in [0.29, 0.717) is 58.1 Å². The van der Waals surface area contributed by atoms with E-state index in [1.165, 1.54) is 0 Å². The lowest BCUT2D eigenvalue weighted by Crippen LogP contribution is -2.36. The zero-order valence-corrected chi connectivity index (χ0v) is 21.0. The normalized spacial score (nSPS) is 13.4. The molecule has 1 aliphatic rings. The lowest BCUT2D eigenvalue weighted by atomic mass is 10.1. The molecule has 1 amide bonds. The Kier molecular flexibility index (Phi) is 6.21. The standard InChI is InChI=1S/C24H23Cl2N7O2/c1-14(2)33-24(18(26)12-28-33)19-11-21-31(22(34)7-9-32(21)30-19)13-15-4-5-16(17(25)10-15)23-20(35-3)6-8-27-29-23/h4-6,8,10-12,14H,7,9,13H2,1-3H3. The minimum Gasteiger partial charge on any atom is -0.494 e. The number of aromatic nitrogens is 6. The number of anilines is 1. The Labute approximate surface area is 212 Å². The van der Waals surface area contributed by atoms with Gasteiger partial charge in [0, 0.05) is 30.2 Å². The number of rotatable bonds is 6. The molecular formula is C24H23Cl2N7O2. The van der Waals surface area contributed by atoms with E-state index in [1.807, 2.05) is 47.5 Å². The van der Waals surface area contributed by atoms with E-state index in [-0.39, 0.29) is 11.9 Å². The van der Waals surface area contributed by atoms with Gasteiger partial charge in [0.1, 0.15) is 28.6 Å². The molecule has 1 aromatic carbocycles. The summed E-state index contributed by atoms with van der Waals surface area (Å²) >= 11 is 13.1. The molecule has 1 aliphatic heterocycles. The summed E-state index contributed by atoms with van der Waals surface area (Å²) in [4.78, 5) is 14.6. The van der Waals surface area contributed by atoms with Crippen LogP contribution in [0.5, 0.6) is 5.75 Å². The average molecular weight is 512 g/mol. The molecule has 4 aromatic rings. The first-order chi connectivity index (χ1) is 16.9. The summed E-state index contributed by atoms with van der Waals surface area (Å²) in [5.74, 6) is 1.31. The van der Waals surface area contributed by atoms with E-state index in [2.05, 4.69) is 15.3 Å². The molecule has 0 aliphatic carbocycles. The summed E-state index contributed by atoms with van der Waals surface area (Å²) in [6, 6.07) is 9.35. The minimum atomic E-state index is 0.0169. The first-order valence-corrected chi connectivity index (χ1v) is 11.9. The molecule has 0 radical (unpaired) electrons. The number of benzene rings is 1. The highest BCUT2D eigenvalue weighted by atomic mass is 35.5. The molecule has 0 fully saturated rings. The van der Waals surface area contributed by atoms with Gasteiger partial charge in [-0.25, -0.2) is 4.68 Å². The molecule has 4 heterocycles. The largest absolute Gasteiger partial charge is 0.494 e. The van der Waals surface area contributed by atoms with Gasteiger partial charge in [0.2, 0.25) is 5.91 Å². The third kappa shape index (κ3) is 4.26. The smallest absolute Gasteiger partial charge is 0.230 e. The van der Waals surface area contributed by atoms with Crippen LogP contribution in [0.4, 0.5) is 5.82 Å². The van der Waals surface area contributed by atoms with Crippen molar-refractivity contribution in [1.82, 2.24) is 29.8 Å². The van der Waals surface area contributed by atoms with Crippen molar-refractivity contribution in [3.8, 4) is 28.4 Å². The van der Waals surface area contributed by atoms with Crippen LogP contribution in [0.2, 0.25) is 10.0 Å². The van der Waals surface area contributed by atoms with Crippen molar-refractivity contribution in [2.75, 3.05) is 12.0 Å². The Morgan fingerprint density at radius 1 is 1.14 bits per heavy atom. The number of carbonyl (C=O) groups is 1. The van der Waals surface area contributed by atoms with Crippen LogP contribution in [0.3, 0.4) is 0 Å². The number of nitrogens with zero attached hydrogens (tertiary/aromatic N) is 7. The van der Waals surface area contributed by atoms with Crippen LogP contribution in [0, 0.1) is 0 Å². The molecule has 0 spiro atoms. The highest BCUT2D eigenvalue weighted by Crippen LogP contribution is 2.36. The Hall–Kier alpha value is -3.43. The van der Waals surface area contributed by atoms with Gasteiger partial charge in [0.25, 0.3) is 0 Å². The fraction of sp³-hybridized carbons (Fsp3) is 0.292. The number of hydrogen-bond donors (Lipinski definition) is 0. The molecule has 11 heteroatoms. The second-order valence-electron chi connectivity index (χ2n) is 8.48. The van der Waals surface area contributed by atoms with E-state index in [1.54, 1.807) is 30.5 Å². The quantitative estimate of drug-likeness (QED) is 0.360. The Balaban J connectivity index is 1.47. The van der Waals surface area contributed by atoms with Crippen LogP contribution in [-0.2, 0) is 17.9 Å². The van der Waals surface area contributed by atoms with Crippen LogP contribution in [-0.4, -0.2) is 42.8 Å². The Morgan fingerprint density at radius 3 is 2.71 bits per heavy atom. The van der Waals surface area contributed by atoms with Gasteiger partial charge in [-0.1, -0.05) is 35.3 Å². The molecule has 5 rings (SSSR count). The van der Waals surface area contributed by atoms with Crippen LogP contribution in [0.15, 0.2) is 42.7 Å². The van der Waals surface area contributed by atoms with Gasteiger partial charge in [-0.2, -0.15) is 15.3 Å². The van der Waals surface area contributed by atoms with Gasteiger partial charge in [-0.05, 0) is 25.5 Å². The maximum absolute atomic E-state index is 12.9. The molecule has 0 saturated heterocycles. The first-order valence-electron chi connectivity index (χ1n) is 11.1. The summed E-state index contributed by atoms with van der Waals surface area (Å²) < 4.78 is 9.06. The number of halogens is 2. The Bertz CT molecular complexity index is 1410. The van der Waals surface area contributed by atoms with Crippen molar-refractivity contribution in [3.05, 3.63) is 58.3 Å². The predicted molar refractivity (Wildman–Crippen MR) is 134 cm³/mol. The number of ether oxygens (including phenoxy) is 1. The zero-order chi connectivity index (χ0) is 24.7. The van der Waals surface area contributed by atoms with Gasteiger partial charge in [0.15, 0.2) is 0 Å². The first kappa shape index (κ1) is 23.3. The predicted octanol–water partition coefficient (Wildman–Crippen LogP) is 5.04. The lowest BCUT2D eigenvalue weighted by Gasteiger charge is -2.27. The maximum Gasteiger partial charge on any atom is 0.230 e. The summed E-state index contributed by atoms with van der Waals surface area (Å²) in [5.41, 5.74) is 3.55. The minimum absolute atomic E-state index is 0.0169. The van der Waals surface area contributed by atoms with Crippen LogP contribution in [0.1, 0.15) is 31.9 Å². The molecule has 9 nitrogen and oxygen atoms in total. The van der Waals surface area contributed by atoms with Crippen LogP contribution >= 0.6 is 23.2 Å². The molecule has 0 unspecified atom stereocenters.